The van der Waals surface area contributed by atoms with E-state index in [-0.39, 0.29) is 5.54 Å². The van der Waals surface area contributed by atoms with Gasteiger partial charge in [-0.3, -0.25) is 4.90 Å². The average molecular weight is 198 g/mol. The monoisotopic (exact) mass is 198 g/mol. The van der Waals surface area contributed by atoms with Crippen molar-refractivity contribution in [2.45, 2.75) is 64.6 Å². The first kappa shape index (κ1) is 12.0. The van der Waals surface area contributed by atoms with Crippen LogP contribution in [-0.2, 0) is 0 Å². The predicted molar refractivity (Wildman–Crippen MR) is 62.6 cm³/mol. The van der Waals surface area contributed by atoms with Gasteiger partial charge in [-0.15, -0.1) is 0 Å². The summed E-state index contributed by atoms with van der Waals surface area (Å²) in [7, 11) is 2.06. The number of likely N-dealkylation sites (N-methyl/N-ethyl adjacent to an activating group) is 1. The van der Waals surface area contributed by atoms with Gasteiger partial charge >= 0.3 is 0 Å². The minimum Gasteiger partial charge on any atom is -0.314 e. The van der Waals surface area contributed by atoms with Crippen LogP contribution in [0, 0.1) is 0 Å². The maximum absolute atomic E-state index is 3.39. The van der Waals surface area contributed by atoms with E-state index in [1.165, 1.54) is 25.8 Å². The van der Waals surface area contributed by atoms with Crippen molar-refractivity contribution in [1.29, 1.82) is 0 Å². The fourth-order valence-electron chi connectivity index (χ4n) is 2.38. The first-order valence-corrected chi connectivity index (χ1v) is 5.95. The van der Waals surface area contributed by atoms with Crippen LogP contribution in [0.3, 0.4) is 0 Å². The van der Waals surface area contributed by atoms with Crippen molar-refractivity contribution >= 4 is 0 Å². The maximum atomic E-state index is 3.39. The van der Waals surface area contributed by atoms with Gasteiger partial charge in [-0.2, -0.15) is 0 Å². The molecule has 1 heterocycles. The Morgan fingerprint density at radius 2 is 2.00 bits per heavy atom. The second-order valence-electron chi connectivity index (χ2n) is 5.29. The molecule has 1 aliphatic heterocycles. The van der Waals surface area contributed by atoms with E-state index in [1.807, 2.05) is 0 Å². The highest BCUT2D eigenvalue weighted by Crippen LogP contribution is 2.27. The first-order valence-electron chi connectivity index (χ1n) is 5.95. The van der Waals surface area contributed by atoms with Gasteiger partial charge < -0.3 is 5.32 Å². The Bertz CT molecular complexity index is 177. The molecule has 1 saturated heterocycles. The zero-order chi connectivity index (χ0) is 10.8. The molecule has 2 nitrogen and oxygen atoms in total. The SMILES string of the molecule is CCC1CCC(C)N1CC(C)(C)NC. The Morgan fingerprint density at radius 3 is 2.50 bits per heavy atom. The van der Waals surface area contributed by atoms with E-state index in [0.717, 1.165) is 12.1 Å². The van der Waals surface area contributed by atoms with Crippen molar-refractivity contribution in [3.63, 3.8) is 0 Å². The normalized spacial score (nSPS) is 29.8. The van der Waals surface area contributed by atoms with Crippen molar-refractivity contribution in [1.82, 2.24) is 10.2 Å². The molecule has 0 aromatic carbocycles. The third kappa shape index (κ3) is 2.71. The molecule has 84 valence electrons. The lowest BCUT2D eigenvalue weighted by molar-refractivity contribution is 0.151. The second-order valence-corrected chi connectivity index (χ2v) is 5.29. The lowest BCUT2D eigenvalue weighted by Crippen LogP contribution is -2.50. The van der Waals surface area contributed by atoms with Gasteiger partial charge in [0.05, 0.1) is 0 Å². The smallest absolute Gasteiger partial charge is 0.0249 e. The van der Waals surface area contributed by atoms with E-state index in [9.17, 15) is 0 Å². The van der Waals surface area contributed by atoms with E-state index < -0.39 is 0 Å². The minimum absolute atomic E-state index is 0.242. The van der Waals surface area contributed by atoms with Crippen molar-refractivity contribution in [2.24, 2.45) is 0 Å². The molecule has 1 aliphatic rings. The lowest BCUT2D eigenvalue weighted by atomic mass is 10.0. The van der Waals surface area contributed by atoms with Gasteiger partial charge in [-0.25, -0.2) is 0 Å². The molecule has 2 atom stereocenters. The molecule has 0 amide bonds. The molecule has 0 aliphatic carbocycles. The summed E-state index contributed by atoms with van der Waals surface area (Å²) < 4.78 is 0. The summed E-state index contributed by atoms with van der Waals surface area (Å²) in [4.78, 5) is 2.68. The van der Waals surface area contributed by atoms with Crippen LogP contribution in [0.25, 0.3) is 0 Å². The van der Waals surface area contributed by atoms with Gasteiger partial charge in [0.2, 0.25) is 0 Å². The molecule has 1 rings (SSSR count). The van der Waals surface area contributed by atoms with E-state index in [0.29, 0.717) is 0 Å². The molecule has 0 spiro atoms. The number of likely N-dealkylation sites (tertiary alicyclic amines) is 1. The molecule has 1 N–H and O–H groups in total. The van der Waals surface area contributed by atoms with E-state index in [4.69, 9.17) is 0 Å². The maximum Gasteiger partial charge on any atom is 0.0249 e. The number of nitrogens with zero attached hydrogens (tertiary/aromatic N) is 1. The van der Waals surface area contributed by atoms with Crippen molar-refractivity contribution in [3.8, 4) is 0 Å². The Kier molecular flexibility index (Phi) is 3.96. The zero-order valence-electron chi connectivity index (χ0n) is 10.4. The Balaban J connectivity index is 2.56. The summed E-state index contributed by atoms with van der Waals surface area (Å²) in [5.74, 6) is 0. The number of rotatable bonds is 4. The summed E-state index contributed by atoms with van der Waals surface area (Å²) in [6, 6.07) is 1.59. The van der Waals surface area contributed by atoms with Crippen LogP contribution >= 0.6 is 0 Å². The number of nitrogens with one attached hydrogen (secondary N) is 1. The highest BCUT2D eigenvalue weighted by atomic mass is 15.2. The molecule has 0 saturated carbocycles. The number of hydrogen-bond acceptors (Lipinski definition) is 2. The molecular formula is C12H26N2. The minimum atomic E-state index is 0.242. The molecule has 0 aromatic heterocycles. The van der Waals surface area contributed by atoms with E-state index in [1.54, 1.807) is 0 Å². The molecule has 2 unspecified atom stereocenters. The van der Waals surface area contributed by atoms with Crippen molar-refractivity contribution < 1.29 is 0 Å². The van der Waals surface area contributed by atoms with Gasteiger partial charge in [0.1, 0.15) is 0 Å². The van der Waals surface area contributed by atoms with Gasteiger partial charge in [0, 0.05) is 24.2 Å². The van der Waals surface area contributed by atoms with E-state index >= 15 is 0 Å². The number of hydrogen-bond donors (Lipinski definition) is 1. The molecular weight excluding hydrogens is 172 g/mol. The topological polar surface area (TPSA) is 15.3 Å². The highest BCUT2D eigenvalue weighted by Gasteiger charge is 2.32. The summed E-state index contributed by atoms with van der Waals surface area (Å²) in [6.07, 6.45) is 4.06. The largest absolute Gasteiger partial charge is 0.314 e. The summed E-state index contributed by atoms with van der Waals surface area (Å²) >= 11 is 0. The van der Waals surface area contributed by atoms with Gasteiger partial charge in [0.15, 0.2) is 0 Å². The predicted octanol–water partition coefficient (Wildman–Crippen LogP) is 2.25. The molecule has 0 radical (unpaired) electrons. The third-order valence-corrected chi connectivity index (χ3v) is 3.68. The Morgan fingerprint density at radius 1 is 1.36 bits per heavy atom. The second kappa shape index (κ2) is 4.63. The average Bonchev–Trinajstić information content (AvgIpc) is 2.48. The van der Waals surface area contributed by atoms with Crippen LogP contribution < -0.4 is 5.32 Å². The summed E-state index contributed by atoms with van der Waals surface area (Å²) in [5.41, 5.74) is 0.242. The van der Waals surface area contributed by atoms with Crippen LogP contribution in [0.5, 0.6) is 0 Å². The Labute approximate surface area is 89.1 Å². The Hall–Kier alpha value is -0.0800. The highest BCUT2D eigenvalue weighted by molar-refractivity contribution is 4.90. The third-order valence-electron chi connectivity index (χ3n) is 3.68. The fourth-order valence-corrected chi connectivity index (χ4v) is 2.38. The molecule has 0 bridgehead atoms. The van der Waals surface area contributed by atoms with Crippen LogP contribution in [-0.4, -0.2) is 36.1 Å². The van der Waals surface area contributed by atoms with Gasteiger partial charge in [-0.05, 0) is 47.1 Å². The van der Waals surface area contributed by atoms with Crippen LogP contribution in [0.4, 0.5) is 0 Å². The summed E-state index contributed by atoms with van der Waals surface area (Å²) in [6.45, 7) is 10.4. The molecule has 0 aromatic rings. The summed E-state index contributed by atoms with van der Waals surface area (Å²) in [5, 5.41) is 3.39. The van der Waals surface area contributed by atoms with Crippen molar-refractivity contribution in [2.75, 3.05) is 13.6 Å². The van der Waals surface area contributed by atoms with Crippen LogP contribution in [0.1, 0.15) is 47.0 Å². The van der Waals surface area contributed by atoms with Gasteiger partial charge in [0.25, 0.3) is 0 Å². The zero-order valence-corrected chi connectivity index (χ0v) is 10.4. The quantitative estimate of drug-likeness (QED) is 0.745. The van der Waals surface area contributed by atoms with Crippen LogP contribution in [0.15, 0.2) is 0 Å². The fraction of sp³-hybridized carbons (Fsp3) is 1.00. The van der Waals surface area contributed by atoms with Crippen molar-refractivity contribution in [3.05, 3.63) is 0 Å². The first-order chi connectivity index (χ1) is 6.50. The molecule has 1 fully saturated rings. The van der Waals surface area contributed by atoms with E-state index in [2.05, 4.69) is 45.0 Å². The van der Waals surface area contributed by atoms with Crippen LogP contribution in [0.2, 0.25) is 0 Å². The van der Waals surface area contributed by atoms with Gasteiger partial charge in [-0.1, -0.05) is 6.92 Å². The lowest BCUT2D eigenvalue weighted by Gasteiger charge is -2.36. The molecule has 14 heavy (non-hydrogen) atoms. The standard InChI is InChI=1S/C12H26N2/c1-6-11-8-7-10(2)14(11)9-12(3,4)13-5/h10-11,13H,6-9H2,1-5H3. The molecule has 2 heteroatoms.